The predicted octanol–water partition coefficient (Wildman–Crippen LogP) is 1.36. The second-order valence-electron chi connectivity index (χ2n) is 6.03. The molecule has 0 aliphatic heterocycles. The van der Waals surface area contributed by atoms with E-state index in [2.05, 4.69) is 15.6 Å². The Morgan fingerprint density at radius 2 is 1.63 bits per heavy atom. The van der Waals surface area contributed by atoms with Crippen molar-refractivity contribution in [3.8, 4) is 11.5 Å². The van der Waals surface area contributed by atoms with Gasteiger partial charge in [-0.2, -0.15) is 0 Å². The zero-order valence-corrected chi connectivity index (χ0v) is 17.2. The number of benzene rings is 2. The largest absolute Gasteiger partial charge is 0.493 e. The molecule has 0 atom stereocenters. The number of nitrogens with one attached hydrogen (secondary N) is 3. The summed E-state index contributed by atoms with van der Waals surface area (Å²) in [4.78, 5) is 23.9. The molecule has 3 N–H and O–H groups in total. The van der Waals surface area contributed by atoms with E-state index in [1.54, 1.807) is 6.07 Å². The van der Waals surface area contributed by atoms with E-state index in [0.717, 1.165) is 24.3 Å². The van der Waals surface area contributed by atoms with E-state index in [0.29, 0.717) is 11.5 Å². The quantitative estimate of drug-likeness (QED) is 0.401. The number of methoxy groups -OCH3 is 2. The molecule has 2 rings (SSSR count). The van der Waals surface area contributed by atoms with Crippen molar-refractivity contribution in [1.82, 2.24) is 15.6 Å². The van der Waals surface area contributed by atoms with Crippen molar-refractivity contribution in [1.29, 1.82) is 0 Å². The zero-order chi connectivity index (χ0) is 22.1. The van der Waals surface area contributed by atoms with E-state index in [4.69, 9.17) is 9.47 Å². The molecule has 162 valence electrons. The minimum absolute atomic E-state index is 0.00322. The van der Waals surface area contributed by atoms with Gasteiger partial charge in [0.15, 0.2) is 11.5 Å². The minimum Gasteiger partial charge on any atom is -0.493 e. The average Bonchev–Trinajstić information content (AvgIpc) is 2.74. The minimum atomic E-state index is -3.79. The van der Waals surface area contributed by atoms with Gasteiger partial charge in [-0.25, -0.2) is 17.5 Å². The average molecular weight is 439 g/mol. The van der Waals surface area contributed by atoms with E-state index < -0.39 is 27.7 Å². The summed E-state index contributed by atoms with van der Waals surface area (Å²) in [5.41, 5.74) is 4.77. The van der Waals surface area contributed by atoms with Crippen LogP contribution in [0, 0.1) is 5.82 Å². The second kappa shape index (κ2) is 10.6. The molecular weight excluding hydrogens is 417 g/mol. The fourth-order valence-electron chi connectivity index (χ4n) is 2.39. The second-order valence-corrected chi connectivity index (χ2v) is 7.79. The number of hydrogen-bond acceptors (Lipinski definition) is 6. The molecule has 2 amide bonds. The molecule has 0 saturated heterocycles. The van der Waals surface area contributed by atoms with Crippen LogP contribution < -0.4 is 25.0 Å². The van der Waals surface area contributed by atoms with Crippen LogP contribution in [0.3, 0.4) is 0 Å². The van der Waals surface area contributed by atoms with Gasteiger partial charge in [0.05, 0.1) is 19.1 Å². The normalized spacial score (nSPS) is 10.9. The Morgan fingerprint density at radius 3 is 2.27 bits per heavy atom. The van der Waals surface area contributed by atoms with E-state index in [9.17, 15) is 22.4 Å². The Morgan fingerprint density at radius 1 is 0.967 bits per heavy atom. The number of amides is 2. The summed E-state index contributed by atoms with van der Waals surface area (Å²) in [6.45, 7) is -0.00322. The van der Waals surface area contributed by atoms with Gasteiger partial charge in [0.1, 0.15) is 5.82 Å². The first kappa shape index (κ1) is 23.1. The van der Waals surface area contributed by atoms with Gasteiger partial charge < -0.3 is 9.47 Å². The van der Waals surface area contributed by atoms with Crippen LogP contribution >= 0.6 is 0 Å². The topological polar surface area (TPSA) is 123 Å². The van der Waals surface area contributed by atoms with Crippen LogP contribution in [0.5, 0.6) is 11.5 Å². The number of halogens is 1. The first-order valence-corrected chi connectivity index (χ1v) is 10.3. The molecule has 0 heterocycles. The van der Waals surface area contributed by atoms with Gasteiger partial charge in [0.25, 0.3) is 5.91 Å². The number of hydrazine groups is 1. The monoisotopic (exact) mass is 439 g/mol. The molecule has 0 aliphatic rings. The molecule has 0 aromatic heterocycles. The van der Waals surface area contributed by atoms with Gasteiger partial charge in [-0.15, -0.1) is 0 Å². The summed E-state index contributed by atoms with van der Waals surface area (Å²) in [7, 11) is -0.883. The van der Waals surface area contributed by atoms with E-state index in [1.165, 1.54) is 26.4 Å². The molecule has 9 nitrogen and oxygen atoms in total. The van der Waals surface area contributed by atoms with Crippen molar-refractivity contribution >= 4 is 21.8 Å². The Labute approximate surface area is 173 Å². The SMILES string of the molecule is COc1ccc(C(=O)NNC(=O)CCCNS(=O)(=O)c2ccc(F)cc2)cc1OC. The van der Waals surface area contributed by atoms with Crippen LogP contribution in [-0.2, 0) is 14.8 Å². The molecular formula is C19H22FN3O6S. The van der Waals surface area contributed by atoms with Gasteiger partial charge in [-0.1, -0.05) is 0 Å². The third kappa shape index (κ3) is 6.42. The van der Waals surface area contributed by atoms with E-state index in [-0.39, 0.29) is 29.8 Å². The first-order chi connectivity index (χ1) is 14.3. The molecule has 0 fully saturated rings. The van der Waals surface area contributed by atoms with Crippen LogP contribution in [0.15, 0.2) is 47.4 Å². The molecule has 11 heteroatoms. The van der Waals surface area contributed by atoms with Gasteiger partial charge in [0.2, 0.25) is 15.9 Å². The zero-order valence-electron chi connectivity index (χ0n) is 16.4. The Hall–Kier alpha value is -3.18. The third-order valence-electron chi connectivity index (χ3n) is 3.96. The summed E-state index contributed by atoms with van der Waals surface area (Å²) < 4.78 is 49.5. The summed E-state index contributed by atoms with van der Waals surface area (Å²) in [5, 5.41) is 0. The summed E-state index contributed by atoms with van der Waals surface area (Å²) in [5.74, 6) is -0.766. The van der Waals surface area contributed by atoms with Crippen molar-refractivity contribution < 1.29 is 31.9 Å². The number of carbonyl (C=O) groups is 2. The lowest BCUT2D eigenvalue weighted by atomic mass is 10.2. The van der Waals surface area contributed by atoms with Crippen molar-refractivity contribution in [2.75, 3.05) is 20.8 Å². The Bertz CT molecular complexity index is 996. The van der Waals surface area contributed by atoms with Gasteiger partial charge >= 0.3 is 0 Å². The number of carbonyl (C=O) groups excluding carboxylic acids is 2. The lowest BCUT2D eigenvalue weighted by Crippen LogP contribution is -2.41. The molecule has 30 heavy (non-hydrogen) atoms. The highest BCUT2D eigenvalue weighted by Crippen LogP contribution is 2.27. The van der Waals surface area contributed by atoms with Crippen LogP contribution in [0.2, 0.25) is 0 Å². The smallest absolute Gasteiger partial charge is 0.269 e. The molecule has 0 unspecified atom stereocenters. The molecule has 2 aromatic rings. The highest BCUT2D eigenvalue weighted by atomic mass is 32.2. The highest BCUT2D eigenvalue weighted by Gasteiger charge is 2.14. The maximum atomic E-state index is 12.9. The maximum absolute atomic E-state index is 12.9. The van der Waals surface area contributed by atoms with Crippen molar-refractivity contribution in [2.24, 2.45) is 0 Å². The van der Waals surface area contributed by atoms with Gasteiger partial charge in [0, 0.05) is 18.5 Å². The fourth-order valence-corrected chi connectivity index (χ4v) is 3.47. The lowest BCUT2D eigenvalue weighted by molar-refractivity contribution is -0.121. The molecule has 0 radical (unpaired) electrons. The van der Waals surface area contributed by atoms with E-state index in [1.807, 2.05) is 0 Å². The third-order valence-corrected chi connectivity index (χ3v) is 5.43. The molecule has 0 bridgehead atoms. The van der Waals surface area contributed by atoms with Crippen LogP contribution in [0.1, 0.15) is 23.2 Å². The highest BCUT2D eigenvalue weighted by molar-refractivity contribution is 7.89. The Kier molecular flexibility index (Phi) is 8.13. The van der Waals surface area contributed by atoms with Gasteiger partial charge in [-0.3, -0.25) is 20.4 Å². The molecule has 0 saturated carbocycles. The standard InChI is InChI=1S/C19H22FN3O6S/c1-28-16-10-5-13(12-17(16)29-2)19(25)23-22-18(24)4-3-11-21-30(26,27)15-8-6-14(20)7-9-15/h5-10,12,21H,3-4,11H2,1-2H3,(H,22,24)(H,23,25). The number of rotatable bonds is 9. The molecule has 0 aliphatic carbocycles. The molecule has 2 aromatic carbocycles. The number of hydrogen-bond donors (Lipinski definition) is 3. The number of sulfonamides is 1. The number of ether oxygens (including phenoxy) is 2. The van der Waals surface area contributed by atoms with Crippen LogP contribution in [0.4, 0.5) is 4.39 Å². The van der Waals surface area contributed by atoms with E-state index >= 15 is 0 Å². The molecule has 0 spiro atoms. The predicted molar refractivity (Wildman–Crippen MR) is 106 cm³/mol. The van der Waals surface area contributed by atoms with Crippen LogP contribution in [-0.4, -0.2) is 41.0 Å². The lowest BCUT2D eigenvalue weighted by Gasteiger charge is -2.11. The fraction of sp³-hybridized carbons (Fsp3) is 0.263. The summed E-state index contributed by atoms with van der Waals surface area (Å²) >= 11 is 0. The first-order valence-electron chi connectivity index (χ1n) is 8.83. The van der Waals surface area contributed by atoms with Crippen molar-refractivity contribution in [2.45, 2.75) is 17.7 Å². The van der Waals surface area contributed by atoms with Crippen molar-refractivity contribution in [3.63, 3.8) is 0 Å². The van der Waals surface area contributed by atoms with Crippen LogP contribution in [0.25, 0.3) is 0 Å². The van der Waals surface area contributed by atoms with Gasteiger partial charge in [-0.05, 0) is 48.9 Å². The summed E-state index contributed by atoms with van der Waals surface area (Å²) in [6, 6.07) is 8.91. The maximum Gasteiger partial charge on any atom is 0.269 e. The van der Waals surface area contributed by atoms with Crippen molar-refractivity contribution in [3.05, 3.63) is 53.8 Å². The summed E-state index contributed by atoms with van der Waals surface area (Å²) in [6.07, 6.45) is 0.163. The Balaban J connectivity index is 1.76.